The van der Waals surface area contributed by atoms with E-state index >= 15 is 0 Å². The molecule has 2 aliphatic heterocycles. The van der Waals surface area contributed by atoms with Gasteiger partial charge in [0.2, 0.25) is 5.95 Å². The zero-order valence-electron chi connectivity index (χ0n) is 16.5. The van der Waals surface area contributed by atoms with Gasteiger partial charge in [-0.25, -0.2) is 9.97 Å². The fourth-order valence-electron chi connectivity index (χ4n) is 3.58. The zero-order chi connectivity index (χ0) is 21.3. The summed E-state index contributed by atoms with van der Waals surface area (Å²) < 4.78 is 52.0. The van der Waals surface area contributed by atoms with Crippen molar-refractivity contribution in [1.82, 2.24) is 15.0 Å². The molecule has 0 radical (unpaired) electrons. The molecule has 2 N–H and O–H groups in total. The van der Waals surface area contributed by atoms with Gasteiger partial charge in [-0.3, -0.25) is 0 Å². The van der Waals surface area contributed by atoms with E-state index in [0.29, 0.717) is 57.8 Å². The van der Waals surface area contributed by atoms with E-state index in [2.05, 4.69) is 15.0 Å². The van der Waals surface area contributed by atoms with Gasteiger partial charge in [0.25, 0.3) is 0 Å². The number of nitrogens with zero attached hydrogens (tertiary/aromatic N) is 5. The number of ether oxygens (including phenoxy) is 2. The number of nitrogen functional groups attached to an aromatic ring is 1. The van der Waals surface area contributed by atoms with Gasteiger partial charge in [0.1, 0.15) is 11.6 Å². The first-order chi connectivity index (χ1) is 14.3. The highest BCUT2D eigenvalue weighted by molar-refractivity contribution is 5.69. The maximum atomic E-state index is 13.7. The summed E-state index contributed by atoms with van der Waals surface area (Å²) in [6.07, 6.45) is -3.47. The minimum Gasteiger partial charge on any atom is -0.384 e. The summed E-state index contributed by atoms with van der Waals surface area (Å²) in [5.41, 5.74) is 4.68. The summed E-state index contributed by atoms with van der Waals surface area (Å²) in [5, 5.41) is 0. The molecule has 2 aliphatic rings. The Morgan fingerprint density at radius 1 is 1.07 bits per heavy atom. The van der Waals surface area contributed by atoms with E-state index in [9.17, 15) is 13.2 Å². The van der Waals surface area contributed by atoms with Gasteiger partial charge in [0, 0.05) is 37.5 Å². The molecular formula is C19H23F3N6O2. The molecule has 0 saturated carbocycles. The highest BCUT2D eigenvalue weighted by atomic mass is 19.4. The molecular weight excluding hydrogens is 401 g/mol. The number of aromatic nitrogens is 3. The van der Waals surface area contributed by atoms with Crippen LogP contribution in [0.25, 0.3) is 11.3 Å². The van der Waals surface area contributed by atoms with Crippen molar-refractivity contribution < 1.29 is 22.6 Å². The van der Waals surface area contributed by atoms with Crippen LogP contribution >= 0.6 is 0 Å². The molecule has 0 unspecified atom stereocenters. The van der Waals surface area contributed by atoms with Gasteiger partial charge < -0.3 is 25.0 Å². The Kier molecular flexibility index (Phi) is 5.65. The summed E-state index contributed by atoms with van der Waals surface area (Å²) in [5.74, 6) is 0.729. The number of anilines is 3. The first kappa shape index (κ1) is 20.6. The lowest BCUT2D eigenvalue weighted by Crippen LogP contribution is -2.45. The molecule has 1 atom stereocenters. The smallest absolute Gasteiger partial charge is 0.384 e. The third-order valence-corrected chi connectivity index (χ3v) is 5.17. The van der Waals surface area contributed by atoms with Crippen LogP contribution < -0.4 is 15.5 Å². The summed E-state index contributed by atoms with van der Waals surface area (Å²) >= 11 is 0. The number of rotatable bonds is 3. The number of halogens is 3. The molecule has 2 aromatic heterocycles. The van der Waals surface area contributed by atoms with Crippen LogP contribution in [0.15, 0.2) is 18.3 Å². The second-order valence-electron chi connectivity index (χ2n) is 7.28. The molecule has 11 heteroatoms. The van der Waals surface area contributed by atoms with Gasteiger partial charge in [0.05, 0.1) is 43.7 Å². The van der Waals surface area contributed by atoms with Crippen LogP contribution in [0.1, 0.15) is 12.5 Å². The molecule has 0 spiro atoms. The van der Waals surface area contributed by atoms with E-state index in [0.717, 1.165) is 12.3 Å². The molecule has 0 aliphatic carbocycles. The second kappa shape index (κ2) is 8.23. The van der Waals surface area contributed by atoms with Gasteiger partial charge in [-0.2, -0.15) is 18.2 Å². The Bertz CT molecular complexity index is 904. The van der Waals surface area contributed by atoms with Crippen molar-refractivity contribution in [3.8, 4) is 11.3 Å². The second-order valence-corrected chi connectivity index (χ2v) is 7.28. The van der Waals surface area contributed by atoms with Crippen molar-refractivity contribution >= 4 is 17.6 Å². The fourth-order valence-corrected chi connectivity index (χ4v) is 3.58. The van der Waals surface area contributed by atoms with Crippen molar-refractivity contribution in [3.05, 3.63) is 23.9 Å². The number of alkyl halides is 3. The van der Waals surface area contributed by atoms with Crippen molar-refractivity contribution in [1.29, 1.82) is 0 Å². The van der Waals surface area contributed by atoms with Crippen LogP contribution in [0.3, 0.4) is 0 Å². The standard InChI is InChI=1S/C19H23F3N6O2/c1-12-11-30-7-4-28(12)18-25-15(9-17(26-18)27-2-5-29-6-3-27)13-10-24-16(23)8-14(13)19(20,21)22/h8-10,12H,2-7,11H2,1H3,(H2,23,24)/t12-/m0/s1. The first-order valence-corrected chi connectivity index (χ1v) is 9.72. The molecule has 0 aromatic carbocycles. The lowest BCUT2D eigenvalue weighted by Gasteiger charge is -2.35. The predicted octanol–water partition coefficient (Wildman–Crippen LogP) is 2.20. The lowest BCUT2D eigenvalue weighted by molar-refractivity contribution is -0.137. The summed E-state index contributed by atoms with van der Waals surface area (Å²) in [4.78, 5) is 17.0. The lowest BCUT2D eigenvalue weighted by atomic mass is 10.1. The molecule has 8 nitrogen and oxygen atoms in total. The van der Waals surface area contributed by atoms with E-state index in [1.54, 1.807) is 6.07 Å². The third kappa shape index (κ3) is 4.26. The van der Waals surface area contributed by atoms with Crippen LogP contribution in [0, 0.1) is 0 Å². The Morgan fingerprint density at radius 3 is 2.50 bits per heavy atom. The average molecular weight is 424 g/mol. The van der Waals surface area contributed by atoms with Crippen molar-refractivity contribution in [2.45, 2.75) is 19.1 Å². The number of morpholine rings is 2. The first-order valence-electron chi connectivity index (χ1n) is 9.72. The summed E-state index contributed by atoms with van der Waals surface area (Å²) in [7, 11) is 0. The van der Waals surface area contributed by atoms with Crippen LogP contribution in [-0.4, -0.2) is 67.1 Å². The third-order valence-electron chi connectivity index (χ3n) is 5.17. The van der Waals surface area contributed by atoms with E-state index in [4.69, 9.17) is 15.2 Å². The molecule has 30 heavy (non-hydrogen) atoms. The summed E-state index contributed by atoms with van der Waals surface area (Å²) in [6.45, 7) is 5.77. The van der Waals surface area contributed by atoms with Gasteiger partial charge in [0.15, 0.2) is 0 Å². The Hall–Kier alpha value is -2.66. The fraction of sp³-hybridized carbons (Fsp3) is 0.526. The molecule has 2 aromatic rings. The van der Waals surface area contributed by atoms with Gasteiger partial charge in [-0.15, -0.1) is 0 Å². The van der Waals surface area contributed by atoms with Crippen LogP contribution in [-0.2, 0) is 15.7 Å². The van der Waals surface area contributed by atoms with Crippen molar-refractivity contribution in [2.75, 3.05) is 61.6 Å². The van der Waals surface area contributed by atoms with E-state index in [1.807, 2.05) is 16.7 Å². The van der Waals surface area contributed by atoms with Crippen LogP contribution in [0.2, 0.25) is 0 Å². The van der Waals surface area contributed by atoms with Crippen molar-refractivity contribution in [2.24, 2.45) is 0 Å². The minimum absolute atomic E-state index is 0.00170. The SMILES string of the molecule is C[C@H]1COCCN1c1nc(-c2cnc(N)cc2C(F)(F)F)cc(N2CCOCC2)n1. The molecule has 0 bridgehead atoms. The number of pyridine rings is 1. The Morgan fingerprint density at radius 2 is 1.80 bits per heavy atom. The largest absolute Gasteiger partial charge is 0.417 e. The van der Waals surface area contributed by atoms with Gasteiger partial charge in [-0.1, -0.05) is 0 Å². The van der Waals surface area contributed by atoms with E-state index in [-0.39, 0.29) is 23.1 Å². The number of hydrogen-bond donors (Lipinski definition) is 1. The predicted molar refractivity (Wildman–Crippen MR) is 105 cm³/mol. The van der Waals surface area contributed by atoms with Crippen LogP contribution in [0.5, 0.6) is 0 Å². The minimum atomic E-state index is -4.59. The van der Waals surface area contributed by atoms with Gasteiger partial charge in [-0.05, 0) is 13.0 Å². The number of nitrogens with two attached hydrogens (primary N) is 1. The van der Waals surface area contributed by atoms with E-state index in [1.165, 1.54) is 0 Å². The summed E-state index contributed by atoms with van der Waals surface area (Å²) in [6, 6.07) is 2.41. The number of hydrogen-bond acceptors (Lipinski definition) is 8. The topological polar surface area (TPSA) is 89.6 Å². The zero-order valence-corrected chi connectivity index (χ0v) is 16.5. The van der Waals surface area contributed by atoms with Crippen molar-refractivity contribution in [3.63, 3.8) is 0 Å². The molecule has 0 amide bonds. The van der Waals surface area contributed by atoms with Crippen LogP contribution in [0.4, 0.5) is 30.8 Å². The Balaban J connectivity index is 1.84. The molecule has 2 saturated heterocycles. The van der Waals surface area contributed by atoms with E-state index < -0.39 is 11.7 Å². The Labute approximate surface area is 171 Å². The normalized spacial score (nSPS) is 20.5. The molecule has 2 fully saturated rings. The molecule has 162 valence electrons. The van der Waals surface area contributed by atoms with Gasteiger partial charge >= 0.3 is 6.18 Å². The highest BCUT2D eigenvalue weighted by Gasteiger charge is 2.35. The molecule has 4 rings (SSSR count). The monoisotopic (exact) mass is 424 g/mol. The average Bonchev–Trinajstić information content (AvgIpc) is 2.74. The maximum Gasteiger partial charge on any atom is 0.417 e. The molecule has 4 heterocycles. The quantitative estimate of drug-likeness (QED) is 0.802. The highest BCUT2D eigenvalue weighted by Crippen LogP contribution is 2.38. The maximum absolute atomic E-state index is 13.7.